The summed E-state index contributed by atoms with van der Waals surface area (Å²) in [7, 11) is 0. The van der Waals surface area contributed by atoms with Gasteiger partial charge in [0.1, 0.15) is 10.6 Å². The molecule has 1 aromatic heterocycles. The summed E-state index contributed by atoms with van der Waals surface area (Å²) in [6, 6.07) is 0. The van der Waals surface area contributed by atoms with E-state index in [2.05, 4.69) is 38.1 Å². The Kier molecular flexibility index (Phi) is 3.67. The van der Waals surface area contributed by atoms with E-state index in [1.165, 1.54) is 0 Å². The van der Waals surface area contributed by atoms with E-state index < -0.39 is 0 Å². The van der Waals surface area contributed by atoms with Crippen LogP contribution in [0.5, 0.6) is 0 Å². The minimum Gasteiger partial charge on any atom is -0.369 e. The molecule has 80 valence electrons. The normalized spacial score (nSPS) is 12.4. The number of rotatable bonds is 4. The molecule has 0 aliphatic rings. The zero-order valence-corrected chi connectivity index (χ0v) is 10.4. The Morgan fingerprint density at radius 1 is 1.50 bits per heavy atom. The number of hydrogen-bond acceptors (Lipinski definition) is 3. The Labute approximate surface area is 90.3 Å². The van der Waals surface area contributed by atoms with Crippen molar-refractivity contribution in [2.45, 2.75) is 46.1 Å². The lowest BCUT2D eigenvalue weighted by atomic mass is 10.1. The Bertz CT molecular complexity index is 291. The summed E-state index contributed by atoms with van der Waals surface area (Å²) in [4.78, 5) is 4.59. The van der Waals surface area contributed by atoms with Gasteiger partial charge in [0, 0.05) is 12.0 Å². The van der Waals surface area contributed by atoms with Crippen molar-refractivity contribution in [2.75, 3.05) is 6.61 Å². The Balaban J connectivity index is 2.85. The van der Waals surface area contributed by atoms with Crippen LogP contribution in [0, 0.1) is 0 Å². The molecule has 0 saturated heterocycles. The van der Waals surface area contributed by atoms with Gasteiger partial charge in [0.15, 0.2) is 0 Å². The fraction of sp³-hybridized carbons (Fsp3) is 0.727. The van der Waals surface area contributed by atoms with Gasteiger partial charge in [0.25, 0.3) is 0 Å². The first-order valence-electron chi connectivity index (χ1n) is 5.07. The van der Waals surface area contributed by atoms with Crippen molar-refractivity contribution < 1.29 is 4.74 Å². The molecule has 1 heterocycles. The van der Waals surface area contributed by atoms with Gasteiger partial charge < -0.3 is 4.74 Å². The van der Waals surface area contributed by atoms with Crippen LogP contribution in [-0.4, -0.2) is 11.6 Å². The van der Waals surface area contributed by atoms with E-state index in [1.807, 2.05) is 6.92 Å². The molecule has 3 heteroatoms. The molecular weight excluding hydrogens is 194 g/mol. The number of ether oxygens (including phenoxy) is 1. The molecule has 0 aliphatic carbocycles. The highest BCUT2D eigenvalue weighted by molar-refractivity contribution is 7.09. The molecule has 0 amide bonds. The summed E-state index contributed by atoms with van der Waals surface area (Å²) in [5, 5.41) is 3.20. The van der Waals surface area contributed by atoms with E-state index in [0.29, 0.717) is 5.92 Å². The fourth-order valence-corrected chi connectivity index (χ4v) is 2.31. The third-order valence-electron chi connectivity index (χ3n) is 2.13. The monoisotopic (exact) mass is 213 g/mol. The molecule has 0 fully saturated rings. The summed E-state index contributed by atoms with van der Waals surface area (Å²) in [6.45, 7) is 11.2. The van der Waals surface area contributed by atoms with Gasteiger partial charge in [-0.25, -0.2) is 4.98 Å². The maximum Gasteiger partial charge on any atom is 0.124 e. The van der Waals surface area contributed by atoms with Gasteiger partial charge in [0.05, 0.1) is 5.69 Å². The second kappa shape index (κ2) is 4.41. The number of nitrogens with zero attached hydrogens (tertiary/aromatic N) is 1. The van der Waals surface area contributed by atoms with Crippen molar-refractivity contribution in [1.82, 2.24) is 4.98 Å². The third kappa shape index (κ3) is 2.55. The molecule has 0 bridgehead atoms. The molecule has 0 spiro atoms. The lowest BCUT2D eigenvalue weighted by Crippen LogP contribution is -2.21. The molecule has 0 unspecified atom stereocenters. The van der Waals surface area contributed by atoms with Crippen molar-refractivity contribution >= 4 is 11.3 Å². The largest absolute Gasteiger partial charge is 0.369 e. The smallest absolute Gasteiger partial charge is 0.124 e. The zero-order valence-electron chi connectivity index (χ0n) is 9.63. The second-order valence-corrected chi connectivity index (χ2v) is 5.03. The van der Waals surface area contributed by atoms with Gasteiger partial charge in [0.2, 0.25) is 0 Å². The first-order chi connectivity index (χ1) is 6.47. The number of hydrogen-bond donors (Lipinski definition) is 0. The standard InChI is InChI=1S/C11H19NOS/c1-6-13-11(4,5)10-12-9(7-14-10)8(2)3/h7-8H,6H2,1-5H3. The topological polar surface area (TPSA) is 22.1 Å². The molecule has 0 aromatic carbocycles. The molecule has 14 heavy (non-hydrogen) atoms. The highest BCUT2D eigenvalue weighted by atomic mass is 32.1. The molecule has 0 saturated carbocycles. The van der Waals surface area contributed by atoms with Crippen molar-refractivity contribution in [1.29, 1.82) is 0 Å². The highest BCUT2D eigenvalue weighted by Crippen LogP contribution is 2.29. The quantitative estimate of drug-likeness (QED) is 0.763. The lowest BCUT2D eigenvalue weighted by Gasteiger charge is -2.21. The minimum absolute atomic E-state index is 0.243. The Morgan fingerprint density at radius 3 is 2.57 bits per heavy atom. The van der Waals surface area contributed by atoms with E-state index in [4.69, 9.17) is 4.74 Å². The summed E-state index contributed by atoms with van der Waals surface area (Å²) < 4.78 is 5.66. The summed E-state index contributed by atoms with van der Waals surface area (Å²) in [5.74, 6) is 0.498. The molecule has 0 N–H and O–H groups in total. The highest BCUT2D eigenvalue weighted by Gasteiger charge is 2.24. The van der Waals surface area contributed by atoms with Gasteiger partial charge in [-0.2, -0.15) is 0 Å². The van der Waals surface area contributed by atoms with Crippen molar-refractivity contribution in [3.63, 3.8) is 0 Å². The van der Waals surface area contributed by atoms with Gasteiger partial charge in [-0.15, -0.1) is 11.3 Å². The van der Waals surface area contributed by atoms with Crippen molar-refractivity contribution in [2.24, 2.45) is 0 Å². The van der Waals surface area contributed by atoms with E-state index in [1.54, 1.807) is 11.3 Å². The molecule has 1 rings (SSSR count). The summed E-state index contributed by atoms with van der Waals surface area (Å²) in [5.41, 5.74) is 0.921. The second-order valence-electron chi connectivity index (χ2n) is 4.18. The van der Waals surface area contributed by atoms with Crippen molar-refractivity contribution in [3.8, 4) is 0 Å². The Hall–Kier alpha value is -0.410. The van der Waals surface area contributed by atoms with Crippen LogP contribution in [0.4, 0.5) is 0 Å². The van der Waals surface area contributed by atoms with Crippen LogP contribution < -0.4 is 0 Å². The Morgan fingerprint density at radius 2 is 2.14 bits per heavy atom. The van der Waals surface area contributed by atoms with Gasteiger partial charge in [-0.05, 0) is 26.7 Å². The van der Waals surface area contributed by atoms with Crippen LogP contribution in [0.3, 0.4) is 0 Å². The maximum absolute atomic E-state index is 5.66. The minimum atomic E-state index is -0.243. The molecule has 0 aliphatic heterocycles. The lowest BCUT2D eigenvalue weighted by molar-refractivity contribution is -0.0142. The van der Waals surface area contributed by atoms with E-state index in [0.717, 1.165) is 17.3 Å². The third-order valence-corrected chi connectivity index (χ3v) is 3.30. The predicted molar refractivity (Wildman–Crippen MR) is 60.9 cm³/mol. The van der Waals surface area contributed by atoms with E-state index in [-0.39, 0.29) is 5.60 Å². The van der Waals surface area contributed by atoms with E-state index in [9.17, 15) is 0 Å². The first kappa shape index (κ1) is 11.7. The molecular formula is C11H19NOS. The van der Waals surface area contributed by atoms with Crippen LogP contribution in [0.1, 0.15) is 51.2 Å². The van der Waals surface area contributed by atoms with Crippen LogP contribution in [0.2, 0.25) is 0 Å². The average Bonchev–Trinajstić information content (AvgIpc) is 2.51. The summed E-state index contributed by atoms with van der Waals surface area (Å²) >= 11 is 1.69. The van der Waals surface area contributed by atoms with E-state index >= 15 is 0 Å². The number of aromatic nitrogens is 1. The zero-order chi connectivity index (χ0) is 10.8. The van der Waals surface area contributed by atoms with Crippen LogP contribution in [-0.2, 0) is 10.3 Å². The molecule has 1 aromatic rings. The molecule has 2 nitrogen and oxygen atoms in total. The van der Waals surface area contributed by atoms with Crippen LogP contribution in [0.25, 0.3) is 0 Å². The molecule has 0 radical (unpaired) electrons. The average molecular weight is 213 g/mol. The van der Waals surface area contributed by atoms with Crippen molar-refractivity contribution in [3.05, 3.63) is 16.1 Å². The maximum atomic E-state index is 5.66. The van der Waals surface area contributed by atoms with Crippen LogP contribution >= 0.6 is 11.3 Å². The van der Waals surface area contributed by atoms with Gasteiger partial charge in [-0.3, -0.25) is 0 Å². The van der Waals surface area contributed by atoms with Gasteiger partial charge >= 0.3 is 0 Å². The fourth-order valence-electron chi connectivity index (χ4n) is 1.25. The van der Waals surface area contributed by atoms with Crippen LogP contribution in [0.15, 0.2) is 5.38 Å². The SMILES string of the molecule is CCOC(C)(C)c1nc(C(C)C)cs1. The molecule has 0 atom stereocenters. The first-order valence-corrected chi connectivity index (χ1v) is 5.95. The number of thiazole rings is 1. The summed E-state index contributed by atoms with van der Waals surface area (Å²) in [6.07, 6.45) is 0. The predicted octanol–water partition coefficient (Wildman–Crippen LogP) is 3.54. The van der Waals surface area contributed by atoms with Gasteiger partial charge in [-0.1, -0.05) is 13.8 Å².